The van der Waals surface area contributed by atoms with Gasteiger partial charge in [-0.15, -0.1) is 0 Å². The van der Waals surface area contributed by atoms with Crippen LogP contribution < -0.4 is 0 Å². The summed E-state index contributed by atoms with van der Waals surface area (Å²) in [5, 5.41) is 8.20. The number of carbonyl (C=O) groups is 2. The van der Waals surface area contributed by atoms with Gasteiger partial charge in [0.1, 0.15) is 0 Å². The van der Waals surface area contributed by atoms with Gasteiger partial charge in [-0.3, -0.25) is 0 Å². The molecule has 74 valence electrons. The van der Waals surface area contributed by atoms with Crippen molar-refractivity contribution in [2.24, 2.45) is 0 Å². The van der Waals surface area contributed by atoms with E-state index in [9.17, 15) is 9.59 Å². The third-order valence-corrected chi connectivity index (χ3v) is 2.47. The lowest BCUT2D eigenvalue weighted by atomic mass is 10.5. The highest BCUT2D eigenvalue weighted by Gasteiger charge is 2.23. The molecule has 0 aliphatic rings. The van der Waals surface area contributed by atoms with Gasteiger partial charge in [-0.05, 0) is 31.9 Å². The van der Waals surface area contributed by atoms with E-state index >= 15 is 0 Å². The maximum absolute atomic E-state index is 10.9. The fourth-order valence-corrected chi connectivity index (χ4v) is 0.712. The zero-order valence-electron chi connectivity index (χ0n) is 6.79. The topological polar surface area (TPSA) is 63.6 Å². The molecule has 0 aromatic heterocycles. The maximum Gasteiger partial charge on any atom is 0.333 e. The number of alkyl halides is 2. The fraction of sp³-hybridized carbons (Fsp3) is 0.429. The van der Waals surface area contributed by atoms with Gasteiger partial charge in [0, 0.05) is 18.6 Å². The Balaban J connectivity index is 4.09. The molecule has 0 atom stereocenters. The molecule has 0 aliphatic heterocycles. The number of carboxylic acid groups (broad SMARTS) is 1. The summed E-state index contributed by atoms with van der Waals surface area (Å²) in [6.45, 7) is 1.79. The van der Waals surface area contributed by atoms with Crippen LogP contribution in [0.1, 0.15) is 13.3 Å². The Morgan fingerprint density at radius 3 is 2.38 bits per heavy atom. The molecular formula is C7H8Br2O4. The normalized spacial score (nSPS) is 11.6. The quantitative estimate of drug-likeness (QED) is 0.490. The van der Waals surface area contributed by atoms with Crippen LogP contribution in [-0.4, -0.2) is 20.5 Å². The Kier molecular flexibility index (Phi) is 5.24. The lowest BCUT2D eigenvalue weighted by molar-refractivity contribution is -0.140. The molecule has 0 amide bonds. The molecule has 0 aromatic carbocycles. The van der Waals surface area contributed by atoms with Crippen LogP contribution in [0.2, 0.25) is 0 Å². The van der Waals surface area contributed by atoms with Gasteiger partial charge in [0.15, 0.2) is 0 Å². The maximum atomic E-state index is 10.9. The molecule has 0 aliphatic carbocycles. The van der Waals surface area contributed by atoms with Crippen molar-refractivity contribution in [1.29, 1.82) is 0 Å². The Morgan fingerprint density at radius 2 is 2.00 bits per heavy atom. The van der Waals surface area contributed by atoms with Crippen LogP contribution in [-0.2, 0) is 14.3 Å². The van der Waals surface area contributed by atoms with Crippen molar-refractivity contribution >= 4 is 43.8 Å². The van der Waals surface area contributed by atoms with Crippen molar-refractivity contribution in [1.82, 2.24) is 0 Å². The zero-order valence-corrected chi connectivity index (χ0v) is 9.96. The van der Waals surface area contributed by atoms with Crippen LogP contribution in [0, 0.1) is 0 Å². The average Bonchev–Trinajstić information content (AvgIpc) is 2.00. The molecule has 0 heterocycles. The number of hydrogen-bond acceptors (Lipinski definition) is 3. The van der Waals surface area contributed by atoms with E-state index in [1.54, 1.807) is 6.92 Å². The number of rotatable bonds is 4. The number of carbonyl (C=O) groups excluding carboxylic acids is 1. The van der Waals surface area contributed by atoms with Crippen LogP contribution >= 0.6 is 31.9 Å². The second kappa shape index (κ2) is 5.39. The smallest absolute Gasteiger partial charge is 0.333 e. The zero-order chi connectivity index (χ0) is 10.5. The first-order valence-electron chi connectivity index (χ1n) is 3.39. The van der Waals surface area contributed by atoms with Gasteiger partial charge in [-0.2, -0.15) is 0 Å². The minimum absolute atomic E-state index is 0.514. The number of esters is 1. The molecule has 6 heteroatoms. The number of carboxylic acids is 1. The highest BCUT2D eigenvalue weighted by Crippen LogP contribution is 2.31. The molecule has 13 heavy (non-hydrogen) atoms. The van der Waals surface area contributed by atoms with Crippen LogP contribution in [0.25, 0.3) is 0 Å². The van der Waals surface area contributed by atoms with Crippen LogP contribution in [0.5, 0.6) is 0 Å². The van der Waals surface area contributed by atoms with E-state index in [4.69, 9.17) is 9.84 Å². The predicted molar refractivity (Wildman–Crippen MR) is 53.7 cm³/mol. The van der Waals surface area contributed by atoms with E-state index < -0.39 is 15.4 Å². The highest BCUT2D eigenvalue weighted by molar-refractivity contribution is 9.25. The summed E-state index contributed by atoms with van der Waals surface area (Å²) >= 11 is 6.16. The van der Waals surface area contributed by atoms with Gasteiger partial charge in [0.2, 0.25) is 3.42 Å². The second-order valence-electron chi connectivity index (χ2n) is 2.08. The summed E-state index contributed by atoms with van der Waals surface area (Å²) in [4.78, 5) is 20.9. The molecule has 0 spiro atoms. The van der Waals surface area contributed by atoms with Crippen LogP contribution in [0.3, 0.4) is 0 Å². The molecule has 0 bridgehead atoms. The lowest BCUT2D eigenvalue weighted by Crippen LogP contribution is -2.18. The van der Waals surface area contributed by atoms with E-state index in [0.717, 1.165) is 6.08 Å². The first-order chi connectivity index (χ1) is 5.87. The van der Waals surface area contributed by atoms with Gasteiger partial charge in [0.25, 0.3) is 0 Å². The largest absolute Gasteiger partial charge is 0.478 e. The molecule has 4 nitrogen and oxygen atoms in total. The summed E-state index contributed by atoms with van der Waals surface area (Å²) < 4.78 is 3.86. The Morgan fingerprint density at radius 1 is 1.46 bits per heavy atom. The van der Waals surface area contributed by atoms with E-state index in [1.807, 2.05) is 0 Å². The third kappa shape index (κ3) is 6.77. The van der Waals surface area contributed by atoms with Gasteiger partial charge in [0.05, 0.1) is 0 Å². The lowest BCUT2D eigenvalue weighted by Gasteiger charge is -2.17. The molecule has 0 saturated heterocycles. The van der Waals surface area contributed by atoms with E-state index in [1.165, 1.54) is 0 Å². The van der Waals surface area contributed by atoms with E-state index in [-0.39, 0.29) is 0 Å². The molecule has 0 unspecified atom stereocenters. The number of ether oxygens (including phenoxy) is 1. The number of aliphatic carboxylic acids is 1. The first-order valence-corrected chi connectivity index (χ1v) is 4.98. The summed E-state index contributed by atoms with van der Waals surface area (Å²) in [7, 11) is 0. The SMILES string of the molecule is CCC(Br)(Br)OC(=O)C=CC(=O)O. The van der Waals surface area contributed by atoms with Crippen molar-refractivity contribution in [3.63, 3.8) is 0 Å². The Bertz CT molecular complexity index is 235. The predicted octanol–water partition coefficient (Wildman–Crippen LogP) is 2.02. The molecule has 0 fully saturated rings. The summed E-state index contributed by atoms with van der Waals surface area (Å²) in [5.41, 5.74) is 0. The van der Waals surface area contributed by atoms with E-state index in [0.29, 0.717) is 12.5 Å². The van der Waals surface area contributed by atoms with Gasteiger partial charge in [-0.25, -0.2) is 9.59 Å². The van der Waals surface area contributed by atoms with E-state index in [2.05, 4.69) is 31.9 Å². The van der Waals surface area contributed by atoms with Gasteiger partial charge >= 0.3 is 11.9 Å². The molecule has 0 saturated carbocycles. The summed E-state index contributed by atoms with van der Waals surface area (Å²) in [5.74, 6) is -1.92. The number of hydrogen-bond donors (Lipinski definition) is 1. The Hall–Kier alpha value is -0.360. The highest BCUT2D eigenvalue weighted by atomic mass is 79.9. The Labute approximate surface area is 92.2 Å². The van der Waals surface area contributed by atoms with Crippen molar-refractivity contribution in [2.75, 3.05) is 0 Å². The molecular weight excluding hydrogens is 308 g/mol. The molecule has 0 aromatic rings. The fourth-order valence-electron chi connectivity index (χ4n) is 0.393. The molecule has 1 N–H and O–H groups in total. The van der Waals surface area contributed by atoms with Crippen LogP contribution in [0.15, 0.2) is 12.2 Å². The monoisotopic (exact) mass is 314 g/mol. The molecule has 0 rings (SSSR count). The van der Waals surface area contributed by atoms with Crippen molar-refractivity contribution in [3.05, 3.63) is 12.2 Å². The average molecular weight is 316 g/mol. The summed E-state index contributed by atoms with van der Waals surface area (Å²) in [6.07, 6.45) is 2.07. The second-order valence-corrected chi connectivity index (χ2v) is 5.71. The van der Waals surface area contributed by atoms with Crippen molar-refractivity contribution in [3.8, 4) is 0 Å². The van der Waals surface area contributed by atoms with Crippen molar-refractivity contribution < 1.29 is 19.4 Å². The molecule has 0 radical (unpaired) electrons. The first kappa shape index (κ1) is 12.6. The van der Waals surface area contributed by atoms with Crippen LogP contribution in [0.4, 0.5) is 0 Å². The third-order valence-electron chi connectivity index (χ3n) is 1.02. The summed E-state index contributed by atoms with van der Waals surface area (Å²) in [6, 6.07) is 0. The minimum atomic E-state index is -1.19. The van der Waals surface area contributed by atoms with Gasteiger partial charge in [-0.1, -0.05) is 6.92 Å². The van der Waals surface area contributed by atoms with Gasteiger partial charge < -0.3 is 9.84 Å². The number of halogens is 2. The van der Waals surface area contributed by atoms with Crippen molar-refractivity contribution in [2.45, 2.75) is 16.8 Å². The minimum Gasteiger partial charge on any atom is -0.478 e. The standard InChI is InChI=1S/C7H8Br2O4/c1-2-7(8,9)13-6(12)4-3-5(10)11/h3-4H,2H2,1H3,(H,10,11).